The molecule has 130 valence electrons. The van der Waals surface area contributed by atoms with Crippen LogP contribution in [-0.4, -0.2) is 27.6 Å². The van der Waals surface area contributed by atoms with Crippen molar-refractivity contribution in [2.75, 3.05) is 6.61 Å². The van der Waals surface area contributed by atoms with Crippen LogP contribution >= 0.6 is 11.6 Å². The molecule has 0 fully saturated rings. The molecule has 2 aromatic carbocycles. The van der Waals surface area contributed by atoms with E-state index in [0.29, 0.717) is 23.6 Å². The first kappa shape index (κ1) is 17.1. The number of rotatable bonds is 6. The molecule has 1 heterocycles. The number of ether oxygens (including phenoxy) is 2. The summed E-state index contributed by atoms with van der Waals surface area (Å²) in [5.74, 6) is 1.01. The van der Waals surface area contributed by atoms with Crippen molar-refractivity contribution >= 4 is 28.7 Å². The Hall–Kier alpha value is -2.73. The van der Waals surface area contributed by atoms with E-state index in [9.17, 15) is 4.79 Å². The lowest BCUT2D eigenvalue weighted by Crippen LogP contribution is -2.06. The largest absolute Gasteiger partial charge is 0.511 e. The first-order valence-corrected chi connectivity index (χ1v) is 8.23. The molecule has 0 unspecified atom stereocenters. The molecule has 25 heavy (non-hydrogen) atoms. The van der Waals surface area contributed by atoms with Crippen molar-refractivity contribution in [3.8, 4) is 11.5 Å². The maximum atomic E-state index is 10.8. The fourth-order valence-electron chi connectivity index (χ4n) is 2.57. The average Bonchev–Trinajstić information content (AvgIpc) is 2.98. The zero-order valence-corrected chi connectivity index (χ0v) is 14.4. The predicted octanol–water partition coefficient (Wildman–Crippen LogP) is 4.58. The highest BCUT2D eigenvalue weighted by Gasteiger charge is 2.13. The van der Waals surface area contributed by atoms with Gasteiger partial charge in [-0.25, -0.2) is 4.79 Å². The lowest BCUT2D eigenvalue weighted by Gasteiger charge is -2.12. The monoisotopic (exact) mass is 360 g/mol. The molecule has 0 atom stereocenters. The summed E-state index contributed by atoms with van der Waals surface area (Å²) in [5.41, 5.74) is 1.66. The van der Waals surface area contributed by atoms with Crippen molar-refractivity contribution < 1.29 is 19.4 Å². The summed E-state index contributed by atoms with van der Waals surface area (Å²) in [7, 11) is 0. The summed E-state index contributed by atoms with van der Waals surface area (Å²) in [5, 5.41) is 14.4. The molecule has 0 radical (unpaired) electrons. The van der Waals surface area contributed by atoms with Gasteiger partial charge < -0.3 is 14.6 Å². The van der Waals surface area contributed by atoms with Gasteiger partial charge in [-0.05, 0) is 36.8 Å². The zero-order chi connectivity index (χ0) is 17.8. The van der Waals surface area contributed by atoms with Gasteiger partial charge in [0.2, 0.25) is 0 Å². The van der Waals surface area contributed by atoms with Crippen molar-refractivity contribution in [2.24, 2.45) is 0 Å². The molecule has 0 saturated carbocycles. The topological polar surface area (TPSA) is 73.6 Å². The normalized spacial score (nSPS) is 10.8. The maximum Gasteiger partial charge on any atom is 0.511 e. The van der Waals surface area contributed by atoms with Crippen LogP contribution in [0.15, 0.2) is 42.6 Å². The third-order valence-corrected chi connectivity index (χ3v) is 3.88. The number of halogens is 1. The van der Waals surface area contributed by atoms with Crippen LogP contribution in [0.3, 0.4) is 0 Å². The highest BCUT2D eigenvalue weighted by Crippen LogP contribution is 2.28. The highest BCUT2D eigenvalue weighted by atomic mass is 35.5. The van der Waals surface area contributed by atoms with E-state index in [1.54, 1.807) is 29.1 Å². The number of hydrogen-bond acceptors (Lipinski definition) is 4. The Morgan fingerprint density at radius 2 is 2.12 bits per heavy atom. The molecule has 0 saturated heterocycles. The van der Waals surface area contributed by atoms with Crippen LogP contribution in [-0.2, 0) is 6.54 Å². The van der Waals surface area contributed by atoms with Gasteiger partial charge >= 0.3 is 6.16 Å². The summed E-state index contributed by atoms with van der Waals surface area (Å²) >= 11 is 6.12. The second kappa shape index (κ2) is 7.44. The fraction of sp³-hybridized carbons (Fsp3) is 0.222. The summed E-state index contributed by atoms with van der Waals surface area (Å²) in [6.07, 6.45) is 1.14. The first-order valence-electron chi connectivity index (χ1n) is 7.85. The minimum atomic E-state index is -1.36. The van der Waals surface area contributed by atoms with E-state index < -0.39 is 6.16 Å². The van der Waals surface area contributed by atoms with Crippen molar-refractivity contribution in [3.63, 3.8) is 0 Å². The number of aromatic nitrogens is 2. The van der Waals surface area contributed by atoms with Crippen LogP contribution in [0.4, 0.5) is 4.79 Å². The van der Waals surface area contributed by atoms with Crippen molar-refractivity contribution in [1.82, 2.24) is 9.78 Å². The van der Waals surface area contributed by atoms with Gasteiger partial charge in [-0.2, -0.15) is 5.10 Å². The Labute approximate surface area is 149 Å². The van der Waals surface area contributed by atoms with E-state index in [1.807, 2.05) is 25.1 Å². The number of nitrogens with zero attached hydrogens (tertiary/aromatic N) is 2. The standard InChI is InChI=1S/C18H17ClN2O4/c1-2-8-24-16-7-6-13(19)9-12(16)11-21-15-4-3-5-17(25-18(22)23)14(15)10-20-21/h3-7,9-10H,2,8,11H2,1H3,(H,22,23). The number of hydrogen-bond donors (Lipinski definition) is 1. The lowest BCUT2D eigenvalue weighted by atomic mass is 10.2. The molecular formula is C18H17ClN2O4. The Kier molecular flexibility index (Phi) is 5.09. The minimum Gasteiger partial charge on any atom is -0.493 e. The van der Waals surface area contributed by atoms with E-state index in [1.165, 1.54) is 0 Å². The van der Waals surface area contributed by atoms with Gasteiger partial charge in [-0.3, -0.25) is 4.68 Å². The van der Waals surface area contributed by atoms with Crippen LogP contribution in [0.1, 0.15) is 18.9 Å². The first-order chi connectivity index (χ1) is 12.1. The van der Waals surface area contributed by atoms with Crippen LogP contribution in [0.25, 0.3) is 10.9 Å². The molecule has 1 aromatic heterocycles. The quantitative estimate of drug-likeness (QED) is 0.514. The molecular weight excluding hydrogens is 344 g/mol. The molecule has 3 aromatic rings. The number of carboxylic acid groups (broad SMARTS) is 1. The third-order valence-electron chi connectivity index (χ3n) is 3.65. The highest BCUT2D eigenvalue weighted by molar-refractivity contribution is 6.30. The third kappa shape index (κ3) is 3.85. The minimum absolute atomic E-state index is 0.254. The molecule has 0 bridgehead atoms. The van der Waals surface area contributed by atoms with E-state index in [0.717, 1.165) is 23.3 Å². The van der Waals surface area contributed by atoms with Gasteiger partial charge in [0.05, 0.1) is 30.3 Å². The van der Waals surface area contributed by atoms with Gasteiger partial charge in [-0.1, -0.05) is 24.6 Å². The van der Waals surface area contributed by atoms with Gasteiger partial charge in [0.1, 0.15) is 11.5 Å². The Morgan fingerprint density at radius 1 is 1.28 bits per heavy atom. The fourth-order valence-corrected chi connectivity index (χ4v) is 2.77. The molecule has 0 spiro atoms. The second-order valence-electron chi connectivity index (χ2n) is 5.46. The molecule has 1 N–H and O–H groups in total. The number of fused-ring (bicyclic) bond motifs is 1. The Morgan fingerprint density at radius 3 is 2.88 bits per heavy atom. The van der Waals surface area contributed by atoms with Crippen molar-refractivity contribution in [3.05, 3.63) is 53.2 Å². The van der Waals surface area contributed by atoms with Gasteiger partial charge in [-0.15, -0.1) is 0 Å². The lowest BCUT2D eigenvalue weighted by molar-refractivity contribution is 0.145. The van der Waals surface area contributed by atoms with Crippen LogP contribution in [0, 0.1) is 0 Å². The summed E-state index contributed by atoms with van der Waals surface area (Å²) in [4.78, 5) is 10.8. The van der Waals surface area contributed by atoms with E-state index in [4.69, 9.17) is 26.2 Å². The Bertz CT molecular complexity index is 907. The van der Waals surface area contributed by atoms with E-state index in [-0.39, 0.29) is 5.75 Å². The Balaban J connectivity index is 1.96. The summed E-state index contributed by atoms with van der Waals surface area (Å²) in [6.45, 7) is 3.10. The predicted molar refractivity (Wildman–Crippen MR) is 94.7 cm³/mol. The molecule has 6 nitrogen and oxygen atoms in total. The average molecular weight is 361 g/mol. The van der Waals surface area contributed by atoms with E-state index >= 15 is 0 Å². The second-order valence-corrected chi connectivity index (χ2v) is 5.90. The SMILES string of the molecule is CCCOc1ccc(Cl)cc1Cn1ncc2c(OC(=O)O)cccc21. The zero-order valence-electron chi connectivity index (χ0n) is 13.6. The molecule has 0 amide bonds. The van der Waals surface area contributed by atoms with Crippen LogP contribution in [0.5, 0.6) is 11.5 Å². The maximum absolute atomic E-state index is 10.8. The molecule has 3 rings (SSSR count). The smallest absolute Gasteiger partial charge is 0.493 e. The molecule has 0 aliphatic heterocycles. The molecule has 7 heteroatoms. The van der Waals surface area contributed by atoms with E-state index in [2.05, 4.69) is 5.10 Å². The van der Waals surface area contributed by atoms with Crippen LogP contribution in [0.2, 0.25) is 5.02 Å². The van der Waals surface area contributed by atoms with Crippen LogP contribution < -0.4 is 9.47 Å². The van der Waals surface area contributed by atoms with Gasteiger partial charge in [0.15, 0.2) is 0 Å². The molecule has 0 aliphatic carbocycles. The number of carbonyl (C=O) groups is 1. The molecule has 0 aliphatic rings. The summed E-state index contributed by atoms with van der Waals surface area (Å²) in [6, 6.07) is 10.7. The summed E-state index contributed by atoms with van der Waals surface area (Å²) < 4.78 is 12.3. The number of benzene rings is 2. The van der Waals surface area contributed by atoms with Crippen molar-refractivity contribution in [1.29, 1.82) is 0 Å². The van der Waals surface area contributed by atoms with Gasteiger partial charge in [0, 0.05) is 10.6 Å². The van der Waals surface area contributed by atoms with Crippen molar-refractivity contribution in [2.45, 2.75) is 19.9 Å². The van der Waals surface area contributed by atoms with Gasteiger partial charge in [0.25, 0.3) is 0 Å².